The number of carbonyl (C=O) groups is 1. The Morgan fingerprint density at radius 2 is 2.00 bits per heavy atom. The van der Waals surface area contributed by atoms with Gasteiger partial charge in [-0.2, -0.15) is 0 Å². The Kier molecular flexibility index (Phi) is 4.04. The van der Waals surface area contributed by atoms with E-state index in [-0.39, 0.29) is 0 Å². The van der Waals surface area contributed by atoms with Gasteiger partial charge >= 0.3 is 5.97 Å². The van der Waals surface area contributed by atoms with Gasteiger partial charge in [0.25, 0.3) is 0 Å². The van der Waals surface area contributed by atoms with Crippen molar-refractivity contribution < 1.29 is 14.6 Å². The predicted octanol–water partition coefficient (Wildman–Crippen LogP) is 3.55. The van der Waals surface area contributed by atoms with Crippen LogP contribution in [0.3, 0.4) is 0 Å². The second-order valence-electron chi connectivity index (χ2n) is 6.14. The number of nitrogens with zero attached hydrogens (tertiary/aromatic N) is 1. The topological polar surface area (TPSA) is 49.8 Å². The van der Waals surface area contributed by atoms with Gasteiger partial charge in [0.05, 0.1) is 18.4 Å². The van der Waals surface area contributed by atoms with Crippen molar-refractivity contribution in [2.75, 3.05) is 18.6 Å². The fraction of sp³-hybridized carbons (Fsp3) is 0.588. The number of carboxylic acid groups (broad SMARTS) is 1. The van der Waals surface area contributed by atoms with E-state index in [0.717, 1.165) is 30.3 Å². The van der Waals surface area contributed by atoms with Crippen molar-refractivity contribution in [3.05, 3.63) is 23.8 Å². The number of benzene rings is 1. The predicted molar refractivity (Wildman–Crippen MR) is 82.3 cm³/mol. The maximum absolute atomic E-state index is 11.6. The monoisotopic (exact) mass is 289 g/mol. The number of ether oxygens (including phenoxy) is 1. The van der Waals surface area contributed by atoms with E-state index in [1.165, 1.54) is 32.1 Å². The summed E-state index contributed by atoms with van der Waals surface area (Å²) in [5.41, 5.74) is 1.22. The second kappa shape index (κ2) is 5.96. The highest BCUT2D eigenvalue weighted by Gasteiger charge is 2.34. The van der Waals surface area contributed by atoms with Gasteiger partial charge in [-0.05, 0) is 43.7 Å². The highest BCUT2D eigenvalue weighted by Crippen LogP contribution is 2.39. The quantitative estimate of drug-likeness (QED) is 0.924. The van der Waals surface area contributed by atoms with Crippen LogP contribution in [-0.2, 0) is 0 Å². The molecule has 1 aromatic carbocycles. The van der Waals surface area contributed by atoms with Crippen LogP contribution < -0.4 is 9.64 Å². The molecule has 2 atom stereocenters. The van der Waals surface area contributed by atoms with Crippen LogP contribution in [0.25, 0.3) is 0 Å². The molecule has 1 saturated heterocycles. The average Bonchev–Trinajstić information content (AvgIpc) is 2.53. The molecule has 0 aromatic heterocycles. The number of anilines is 1. The average molecular weight is 289 g/mol. The minimum atomic E-state index is -0.856. The Balaban J connectivity index is 1.98. The molecule has 1 saturated carbocycles. The van der Waals surface area contributed by atoms with Crippen molar-refractivity contribution >= 4 is 11.7 Å². The normalized spacial score (nSPS) is 25.3. The zero-order chi connectivity index (χ0) is 14.8. The van der Waals surface area contributed by atoms with E-state index in [0.29, 0.717) is 11.6 Å². The van der Waals surface area contributed by atoms with E-state index in [1.807, 2.05) is 6.07 Å². The number of piperidine rings is 1. The van der Waals surface area contributed by atoms with Gasteiger partial charge in [-0.25, -0.2) is 4.79 Å². The molecule has 4 nitrogen and oxygen atoms in total. The summed E-state index contributed by atoms with van der Waals surface area (Å²) in [4.78, 5) is 13.9. The fourth-order valence-corrected chi connectivity index (χ4v) is 3.98. The third kappa shape index (κ3) is 2.71. The fourth-order valence-electron chi connectivity index (χ4n) is 3.98. The van der Waals surface area contributed by atoms with Crippen LogP contribution >= 0.6 is 0 Å². The van der Waals surface area contributed by atoms with Gasteiger partial charge < -0.3 is 14.7 Å². The Bertz CT molecular complexity index is 527. The standard InChI is InChI=1S/C17H23NO3/c1-21-13-8-9-14(17(19)20)16(11-13)18-10-4-6-12-5-2-3-7-15(12)18/h8-9,11-12,15H,2-7,10H2,1H3,(H,19,20). The van der Waals surface area contributed by atoms with Crippen molar-refractivity contribution in [3.8, 4) is 5.75 Å². The Hall–Kier alpha value is -1.71. The lowest BCUT2D eigenvalue weighted by Crippen LogP contribution is -2.47. The summed E-state index contributed by atoms with van der Waals surface area (Å²) in [5, 5.41) is 9.49. The third-order valence-corrected chi connectivity index (χ3v) is 4.99. The smallest absolute Gasteiger partial charge is 0.337 e. The molecule has 0 amide bonds. The first-order chi connectivity index (χ1) is 10.2. The highest BCUT2D eigenvalue weighted by atomic mass is 16.5. The van der Waals surface area contributed by atoms with E-state index in [4.69, 9.17) is 4.74 Å². The number of methoxy groups -OCH3 is 1. The van der Waals surface area contributed by atoms with Crippen molar-refractivity contribution in [1.82, 2.24) is 0 Å². The molecule has 1 N–H and O–H groups in total. The van der Waals surface area contributed by atoms with Crippen LogP contribution in [0.4, 0.5) is 5.69 Å². The summed E-state index contributed by atoms with van der Waals surface area (Å²) in [7, 11) is 1.62. The molecule has 0 radical (unpaired) electrons. The Morgan fingerprint density at radius 3 is 2.76 bits per heavy atom. The Morgan fingerprint density at radius 1 is 1.24 bits per heavy atom. The molecule has 1 aliphatic heterocycles. The van der Waals surface area contributed by atoms with E-state index < -0.39 is 5.97 Å². The van der Waals surface area contributed by atoms with Crippen molar-refractivity contribution in [3.63, 3.8) is 0 Å². The largest absolute Gasteiger partial charge is 0.497 e. The number of aromatic carboxylic acids is 1. The van der Waals surface area contributed by atoms with E-state index >= 15 is 0 Å². The highest BCUT2D eigenvalue weighted by molar-refractivity contribution is 5.95. The van der Waals surface area contributed by atoms with Crippen molar-refractivity contribution in [2.45, 2.75) is 44.6 Å². The molecular formula is C17H23NO3. The SMILES string of the molecule is COc1ccc(C(=O)O)c(N2CCCC3CCCCC32)c1. The van der Waals surface area contributed by atoms with Gasteiger partial charge in [0, 0.05) is 18.7 Å². The molecule has 2 aliphatic rings. The first kappa shape index (κ1) is 14.2. The van der Waals surface area contributed by atoms with Crippen LogP contribution in [0, 0.1) is 5.92 Å². The van der Waals surface area contributed by atoms with Gasteiger partial charge in [0.1, 0.15) is 5.75 Å². The summed E-state index contributed by atoms with van der Waals surface area (Å²) in [6, 6.07) is 5.79. The first-order valence-corrected chi connectivity index (χ1v) is 7.88. The summed E-state index contributed by atoms with van der Waals surface area (Å²) < 4.78 is 5.30. The van der Waals surface area contributed by atoms with E-state index in [2.05, 4.69) is 4.90 Å². The lowest BCUT2D eigenvalue weighted by atomic mass is 9.78. The van der Waals surface area contributed by atoms with Crippen LogP contribution in [0.5, 0.6) is 5.75 Å². The van der Waals surface area contributed by atoms with Gasteiger partial charge in [0.15, 0.2) is 0 Å². The molecule has 1 aliphatic carbocycles. The van der Waals surface area contributed by atoms with Gasteiger partial charge in [-0.15, -0.1) is 0 Å². The number of hydrogen-bond acceptors (Lipinski definition) is 3. The summed E-state index contributed by atoms with van der Waals surface area (Å²) in [6.45, 7) is 0.953. The van der Waals surface area contributed by atoms with Crippen molar-refractivity contribution in [1.29, 1.82) is 0 Å². The van der Waals surface area contributed by atoms with E-state index in [9.17, 15) is 9.90 Å². The van der Waals surface area contributed by atoms with Gasteiger partial charge in [-0.1, -0.05) is 12.8 Å². The maximum Gasteiger partial charge on any atom is 0.337 e. The maximum atomic E-state index is 11.6. The zero-order valence-corrected chi connectivity index (χ0v) is 12.5. The minimum absolute atomic E-state index is 0.391. The second-order valence-corrected chi connectivity index (χ2v) is 6.14. The lowest BCUT2D eigenvalue weighted by Gasteiger charge is -2.45. The number of fused-ring (bicyclic) bond motifs is 1. The number of hydrogen-bond donors (Lipinski definition) is 1. The molecule has 2 unspecified atom stereocenters. The molecule has 21 heavy (non-hydrogen) atoms. The van der Waals surface area contributed by atoms with Crippen LogP contribution in [0.1, 0.15) is 48.9 Å². The third-order valence-electron chi connectivity index (χ3n) is 4.99. The minimum Gasteiger partial charge on any atom is -0.497 e. The molecular weight excluding hydrogens is 266 g/mol. The van der Waals surface area contributed by atoms with Crippen LogP contribution in [-0.4, -0.2) is 30.8 Å². The zero-order valence-electron chi connectivity index (χ0n) is 12.5. The number of rotatable bonds is 3. The lowest BCUT2D eigenvalue weighted by molar-refractivity contribution is 0.0697. The summed E-state index contributed by atoms with van der Waals surface area (Å²) >= 11 is 0. The van der Waals surface area contributed by atoms with E-state index in [1.54, 1.807) is 19.2 Å². The molecule has 114 valence electrons. The molecule has 0 spiro atoms. The van der Waals surface area contributed by atoms with Gasteiger partial charge in [-0.3, -0.25) is 0 Å². The molecule has 2 fully saturated rings. The molecule has 3 rings (SSSR count). The first-order valence-electron chi connectivity index (χ1n) is 7.88. The van der Waals surface area contributed by atoms with Crippen LogP contribution in [0.15, 0.2) is 18.2 Å². The van der Waals surface area contributed by atoms with Crippen LogP contribution in [0.2, 0.25) is 0 Å². The molecule has 4 heteroatoms. The Labute approximate surface area is 125 Å². The molecule has 1 heterocycles. The molecule has 1 aromatic rings. The number of carboxylic acids is 1. The van der Waals surface area contributed by atoms with Crippen molar-refractivity contribution in [2.24, 2.45) is 5.92 Å². The summed E-state index contributed by atoms with van der Waals surface area (Å²) in [5.74, 6) is 0.596. The molecule has 0 bridgehead atoms. The van der Waals surface area contributed by atoms with Gasteiger partial charge in [0.2, 0.25) is 0 Å². The summed E-state index contributed by atoms with van der Waals surface area (Å²) in [6.07, 6.45) is 7.47.